The first-order valence-electron chi connectivity index (χ1n) is 7.29. The summed E-state index contributed by atoms with van der Waals surface area (Å²) in [6, 6.07) is 7.62. The van der Waals surface area contributed by atoms with Gasteiger partial charge in [-0.25, -0.2) is 0 Å². The van der Waals surface area contributed by atoms with E-state index in [1.165, 1.54) is 6.42 Å². The Kier molecular flexibility index (Phi) is 5.15. The highest BCUT2D eigenvalue weighted by Gasteiger charge is 2.38. The van der Waals surface area contributed by atoms with E-state index in [2.05, 4.69) is 5.32 Å². The van der Waals surface area contributed by atoms with Crippen molar-refractivity contribution in [1.82, 2.24) is 5.32 Å². The summed E-state index contributed by atoms with van der Waals surface area (Å²) in [5.74, 6) is -0.0965. The zero-order valence-electron chi connectivity index (χ0n) is 11.7. The van der Waals surface area contributed by atoms with Crippen molar-refractivity contribution in [3.8, 4) is 0 Å². The van der Waals surface area contributed by atoms with Crippen molar-refractivity contribution in [3.63, 3.8) is 0 Å². The lowest BCUT2D eigenvalue weighted by molar-refractivity contribution is -0.110. The van der Waals surface area contributed by atoms with Gasteiger partial charge in [-0.05, 0) is 24.0 Å². The van der Waals surface area contributed by atoms with Gasteiger partial charge in [0.15, 0.2) is 0 Å². The van der Waals surface area contributed by atoms with Gasteiger partial charge in [0.1, 0.15) is 0 Å². The summed E-state index contributed by atoms with van der Waals surface area (Å²) in [6.45, 7) is 0.459. The molecule has 110 valence electrons. The molecule has 0 bridgehead atoms. The second-order valence-electron chi connectivity index (χ2n) is 5.64. The van der Waals surface area contributed by atoms with E-state index < -0.39 is 5.60 Å². The minimum absolute atomic E-state index is 0.0157. The molecule has 3 N–H and O–H groups in total. The number of amides is 1. The summed E-state index contributed by atoms with van der Waals surface area (Å²) >= 11 is 0. The molecule has 1 amide bonds. The van der Waals surface area contributed by atoms with Crippen LogP contribution in [-0.2, 0) is 11.4 Å². The standard InChI is InChI=1S/C16H23NO3/c18-11-13-4-6-14(7-5-13)15(10-17-12-19)16(20)8-2-1-3-9-16/h4-7,12,15,18,20H,1-3,8-11H2,(H,17,19). The summed E-state index contributed by atoms with van der Waals surface area (Å²) in [4.78, 5) is 10.6. The third kappa shape index (κ3) is 3.38. The van der Waals surface area contributed by atoms with Crippen molar-refractivity contribution < 1.29 is 15.0 Å². The molecule has 1 aromatic rings. The quantitative estimate of drug-likeness (QED) is 0.693. The fourth-order valence-electron chi connectivity index (χ4n) is 3.15. The van der Waals surface area contributed by atoms with Crippen LogP contribution in [0.2, 0.25) is 0 Å². The van der Waals surface area contributed by atoms with Crippen molar-refractivity contribution in [2.45, 2.75) is 50.2 Å². The van der Waals surface area contributed by atoms with Gasteiger partial charge in [0.25, 0.3) is 0 Å². The van der Waals surface area contributed by atoms with Crippen molar-refractivity contribution in [2.24, 2.45) is 0 Å². The molecule has 0 aromatic heterocycles. The highest BCUT2D eigenvalue weighted by molar-refractivity contribution is 5.46. The lowest BCUT2D eigenvalue weighted by atomic mass is 9.72. The molecule has 1 aromatic carbocycles. The lowest BCUT2D eigenvalue weighted by Crippen LogP contribution is -2.42. The van der Waals surface area contributed by atoms with Crippen LogP contribution in [0.5, 0.6) is 0 Å². The smallest absolute Gasteiger partial charge is 0.207 e. The largest absolute Gasteiger partial charge is 0.392 e. The molecule has 1 fully saturated rings. The van der Waals surface area contributed by atoms with E-state index in [-0.39, 0.29) is 12.5 Å². The fraction of sp³-hybridized carbons (Fsp3) is 0.562. The summed E-state index contributed by atoms with van der Waals surface area (Å²) in [5.41, 5.74) is 1.13. The zero-order valence-corrected chi connectivity index (χ0v) is 11.7. The summed E-state index contributed by atoms with van der Waals surface area (Å²) in [5, 5.41) is 22.7. The molecule has 1 aliphatic rings. The van der Waals surface area contributed by atoms with Crippen molar-refractivity contribution >= 4 is 6.41 Å². The molecular formula is C16H23NO3. The van der Waals surface area contributed by atoms with Gasteiger partial charge in [0.2, 0.25) is 6.41 Å². The van der Waals surface area contributed by atoms with E-state index >= 15 is 0 Å². The molecule has 1 unspecified atom stereocenters. The first-order valence-corrected chi connectivity index (χ1v) is 7.29. The molecule has 0 heterocycles. The second-order valence-corrected chi connectivity index (χ2v) is 5.64. The SMILES string of the molecule is O=CNCC(c1ccc(CO)cc1)C1(O)CCCCC1. The normalized spacial score (nSPS) is 19.3. The number of nitrogens with one attached hydrogen (secondary N) is 1. The van der Waals surface area contributed by atoms with Gasteiger partial charge in [-0.2, -0.15) is 0 Å². The molecule has 1 saturated carbocycles. The van der Waals surface area contributed by atoms with Crippen LogP contribution in [0.25, 0.3) is 0 Å². The Labute approximate surface area is 119 Å². The van der Waals surface area contributed by atoms with Crippen LogP contribution in [0.1, 0.15) is 49.1 Å². The van der Waals surface area contributed by atoms with Gasteiger partial charge in [0.05, 0.1) is 12.2 Å². The van der Waals surface area contributed by atoms with E-state index in [1.54, 1.807) is 0 Å². The molecule has 0 radical (unpaired) electrons. The Bertz CT molecular complexity index is 424. The summed E-state index contributed by atoms with van der Waals surface area (Å²) in [6.07, 6.45) is 5.46. The van der Waals surface area contributed by atoms with Crippen LogP contribution >= 0.6 is 0 Å². The van der Waals surface area contributed by atoms with Crippen LogP contribution in [0.15, 0.2) is 24.3 Å². The molecule has 0 aliphatic heterocycles. The first kappa shape index (κ1) is 15.0. The Morgan fingerprint density at radius 1 is 1.20 bits per heavy atom. The highest BCUT2D eigenvalue weighted by Crippen LogP contribution is 2.39. The Hall–Kier alpha value is -1.39. The predicted octanol–water partition coefficient (Wildman–Crippen LogP) is 1.70. The minimum Gasteiger partial charge on any atom is -0.392 e. The highest BCUT2D eigenvalue weighted by atomic mass is 16.3. The number of rotatable bonds is 6. The molecular weight excluding hydrogens is 254 g/mol. The summed E-state index contributed by atoms with van der Waals surface area (Å²) < 4.78 is 0. The molecule has 1 atom stereocenters. The molecule has 0 spiro atoms. The van der Waals surface area contributed by atoms with Crippen molar-refractivity contribution in [2.75, 3.05) is 6.54 Å². The van der Waals surface area contributed by atoms with E-state index in [0.29, 0.717) is 13.0 Å². The monoisotopic (exact) mass is 277 g/mol. The van der Waals surface area contributed by atoms with Crippen LogP contribution in [-0.4, -0.2) is 28.8 Å². The molecule has 20 heavy (non-hydrogen) atoms. The zero-order chi connectivity index (χ0) is 14.4. The third-order valence-electron chi connectivity index (χ3n) is 4.34. The van der Waals surface area contributed by atoms with Crippen LogP contribution in [0.3, 0.4) is 0 Å². The first-order chi connectivity index (χ1) is 9.69. The van der Waals surface area contributed by atoms with E-state index in [1.807, 2.05) is 24.3 Å². The van der Waals surface area contributed by atoms with Gasteiger partial charge < -0.3 is 15.5 Å². The number of carbonyl (C=O) groups is 1. The Morgan fingerprint density at radius 2 is 1.85 bits per heavy atom. The average molecular weight is 277 g/mol. The number of hydrogen-bond donors (Lipinski definition) is 3. The van der Waals surface area contributed by atoms with Crippen molar-refractivity contribution in [3.05, 3.63) is 35.4 Å². The van der Waals surface area contributed by atoms with Crippen LogP contribution in [0, 0.1) is 0 Å². The number of aliphatic hydroxyl groups is 2. The Morgan fingerprint density at radius 3 is 2.40 bits per heavy atom. The number of benzene rings is 1. The Balaban J connectivity index is 2.22. The lowest BCUT2D eigenvalue weighted by Gasteiger charge is -2.39. The summed E-state index contributed by atoms with van der Waals surface area (Å²) in [7, 11) is 0. The maximum Gasteiger partial charge on any atom is 0.207 e. The topological polar surface area (TPSA) is 69.6 Å². The number of hydrogen-bond acceptors (Lipinski definition) is 3. The van der Waals surface area contributed by atoms with Gasteiger partial charge >= 0.3 is 0 Å². The van der Waals surface area contributed by atoms with E-state index in [9.17, 15) is 9.90 Å². The van der Waals surface area contributed by atoms with Gasteiger partial charge in [-0.15, -0.1) is 0 Å². The third-order valence-corrected chi connectivity index (χ3v) is 4.34. The maximum absolute atomic E-state index is 10.9. The van der Waals surface area contributed by atoms with Gasteiger partial charge in [-0.3, -0.25) is 4.79 Å². The molecule has 0 saturated heterocycles. The van der Waals surface area contributed by atoms with E-state index in [4.69, 9.17) is 5.11 Å². The van der Waals surface area contributed by atoms with Crippen LogP contribution in [0.4, 0.5) is 0 Å². The second kappa shape index (κ2) is 6.86. The van der Waals surface area contributed by atoms with Crippen LogP contribution < -0.4 is 5.32 Å². The minimum atomic E-state index is -0.741. The van der Waals surface area contributed by atoms with Crippen molar-refractivity contribution in [1.29, 1.82) is 0 Å². The predicted molar refractivity (Wildman–Crippen MR) is 77.2 cm³/mol. The molecule has 4 nitrogen and oxygen atoms in total. The fourth-order valence-corrected chi connectivity index (χ4v) is 3.15. The molecule has 1 aliphatic carbocycles. The van der Waals surface area contributed by atoms with Gasteiger partial charge in [-0.1, -0.05) is 43.5 Å². The van der Waals surface area contributed by atoms with Gasteiger partial charge in [0, 0.05) is 12.5 Å². The van der Waals surface area contributed by atoms with E-state index in [0.717, 1.165) is 36.8 Å². The number of carbonyl (C=O) groups excluding carboxylic acids is 1. The molecule has 2 rings (SSSR count). The molecule has 4 heteroatoms. The maximum atomic E-state index is 10.9. The number of aliphatic hydroxyl groups excluding tert-OH is 1. The average Bonchev–Trinajstić information content (AvgIpc) is 2.49.